The number of rotatable bonds is 88. The molecule has 0 aromatic carbocycles. The molecule has 0 rings (SSSR count). The summed E-state index contributed by atoms with van der Waals surface area (Å²) in [6.45, 7) is 9.72. The number of hydrogen-bond donors (Lipinski definition) is 3. The third-order valence-corrected chi connectivity index (χ3v) is 23.6. The Balaban J connectivity index is 5.22. The Hall–Kier alpha value is -1.94. The van der Waals surface area contributed by atoms with Crippen molar-refractivity contribution in [1.82, 2.24) is 0 Å². The van der Waals surface area contributed by atoms with Gasteiger partial charge in [-0.25, -0.2) is 9.13 Å². The first-order valence-electron chi connectivity index (χ1n) is 46.1. The second-order valence-electron chi connectivity index (χ2n) is 32.5. The van der Waals surface area contributed by atoms with E-state index in [0.717, 1.165) is 108 Å². The summed E-state index contributed by atoms with van der Waals surface area (Å²) in [5.41, 5.74) is 0. The van der Waals surface area contributed by atoms with Crippen molar-refractivity contribution in [2.24, 2.45) is 11.8 Å². The van der Waals surface area contributed by atoms with Gasteiger partial charge in [-0.3, -0.25) is 37.3 Å². The molecule has 7 atom stereocenters. The van der Waals surface area contributed by atoms with Crippen LogP contribution in [0.1, 0.15) is 478 Å². The van der Waals surface area contributed by atoms with Gasteiger partial charge < -0.3 is 33.8 Å². The summed E-state index contributed by atoms with van der Waals surface area (Å²) in [4.78, 5) is 73.3. The SMILES string of the molecule is CCCCCCCCCCCCCCCCCCCCCC(=O)OC[C@H](COP(=O)(O)OC[C@@H](O)COP(=O)(O)OC[C@@H](COC(=O)CCCCCCCCC(C)CC)OC(=O)CCCCCCCCCCCCCCCCCCC)OC(=O)CCCCCCCCCCCCCCCCCCCCC(C)CC. The second kappa shape index (κ2) is 80.3. The number of carbonyl (C=O) groups is 4. The number of ether oxygens (including phenoxy) is 4. The third kappa shape index (κ3) is 79.3. The number of hydrogen-bond acceptors (Lipinski definition) is 15. The highest BCUT2D eigenvalue weighted by Gasteiger charge is 2.31. The van der Waals surface area contributed by atoms with E-state index in [9.17, 15) is 43.2 Å². The number of phosphoric ester groups is 2. The van der Waals surface area contributed by atoms with Gasteiger partial charge >= 0.3 is 39.5 Å². The Bertz CT molecular complexity index is 2070. The van der Waals surface area contributed by atoms with Crippen molar-refractivity contribution in [2.75, 3.05) is 39.6 Å². The van der Waals surface area contributed by atoms with E-state index in [4.69, 9.17) is 37.0 Å². The highest BCUT2D eigenvalue weighted by Crippen LogP contribution is 2.45. The molecule has 0 bridgehead atoms. The summed E-state index contributed by atoms with van der Waals surface area (Å²) in [6.07, 6.45) is 73.7. The van der Waals surface area contributed by atoms with E-state index in [-0.39, 0.29) is 25.7 Å². The van der Waals surface area contributed by atoms with Gasteiger partial charge in [-0.2, -0.15) is 0 Å². The van der Waals surface area contributed by atoms with E-state index in [1.165, 1.54) is 289 Å². The summed E-state index contributed by atoms with van der Waals surface area (Å²) in [7, 11) is -9.93. The minimum atomic E-state index is -4.97. The van der Waals surface area contributed by atoms with E-state index in [2.05, 4.69) is 41.5 Å². The maximum absolute atomic E-state index is 13.2. The van der Waals surface area contributed by atoms with Crippen LogP contribution in [0.2, 0.25) is 0 Å². The zero-order valence-electron chi connectivity index (χ0n) is 71.2. The molecule has 19 heteroatoms. The van der Waals surface area contributed by atoms with E-state index in [1.807, 2.05) is 0 Å². The molecule has 0 fully saturated rings. The molecule has 0 aromatic rings. The van der Waals surface area contributed by atoms with Crippen molar-refractivity contribution in [2.45, 2.75) is 496 Å². The Morgan fingerprint density at radius 3 is 0.657 bits per heavy atom. The largest absolute Gasteiger partial charge is 0.472 e. The highest BCUT2D eigenvalue weighted by atomic mass is 31.2. The maximum atomic E-state index is 13.2. The molecule has 0 saturated heterocycles. The van der Waals surface area contributed by atoms with Gasteiger partial charge in [0.25, 0.3) is 0 Å². The molecule has 0 aliphatic heterocycles. The van der Waals surface area contributed by atoms with Crippen LogP contribution in [0.3, 0.4) is 0 Å². The van der Waals surface area contributed by atoms with Gasteiger partial charge in [0.1, 0.15) is 19.3 Å². The second-order valence-corrected chi connectivity index (χ2v) is 35.4. The number of carbonyl (C=O) groups excluding carboxylic acids is 4. The quantitative estimate of drug-likeness (QED) is 0.0222. The van der Waals surface area contributed by atoms with Crippen LogP contribution in [0, 0.1) is 11.8 Å². The van der Waals surface area contributed by atoms with E-state index in [1.54, 1.807) is 0 Å². The van der Waals surface area contributed by atoms with Crippen molar-refractivity contribution < 1.29 is 80.2 Å². The van der Waals surface area contributed by atoms with Gasteiger partial charge in [-0.1, -0.05) is 427 Å². The summed E-state index contributed by atoms with van der Waals surface area (Å²) in [6, 6.07) is 0. The van der Waals surface area contributed by atoms with E-state index >= 15 is 0 Å². The van der Waals surface area contributed by atoms with Crippen LogP contribution >= 0.6 is 15.6 Å². The third-order valence-electron chi connectivity index (χ3n) is 21.7. The average molecular weight is 1580 g/mol. The van der Waals surface area contributed by atoms with Crippen LogP contribution in [0.15, 0.2) is 0 Å². The predicted molar refractivity (Wildman–Crippen MR) is 446 cm³/mol. The predicted octanol–water partition coefficient (Wildman–Crippen LogP) is 27.4. The number of aliphatic hydroxyl groups is 1. The lowest BCUT2D eigenvalue weighted by molar-refractivity contribution is -0.161. The lowest BCUT2D eigenvalue weighted by Gasteiger charge is -2.21. The maximum Gasteiger partial charge on any atom is 0.472 e. The van der Waals surface area contributed by atoms with E-state index < -0.39 is 97.5 Å². The van der Waals surface area contributed by atoms with Crippen molar-refractivity contribution in [1.29, 1.82) is 0 Å². The molecule has 0 saturated carbocycles. The molecule has 0 heterocycles. The fourth-order valence-electron chi connectivity index (χ4n) is 13.9. The van der Waals surface area contributed by atoms with Crippen molar-refractivity contribution in [3.05, 3.63) is 0 Å². The first-order valence-corrected chi connectivity index (χ1v) is 49.1. The van der Waals surface area contributed by atoms with Crippen molar-refractivity contribution in [3.8, 4) is 0 Å². The Morgan fingerprint density at radius 1 is 0.259 bits per heavy atom. The highest BCUT2D eigenvalue weighted by molar-refractivity contribution is 7.47. The molecule has 0 aromatic heterocycles. The molecule has 108 heavy (non-hydrogen) atoms. The van der Waals surface area contributed by atoms with Gasteiger partial charge in [0.2, 0.25) is 0 Å². The molecule has 4 unspecified atom stereocenters. The molecular weight excluding hydrogens is 1400 g/mol. The smallest absolute Gasteiger partial charge is 0.462 e. The first kappa shape index (κ1) is 106. The molecule has 0 radical (unpaired) electrons. The normalized spacial score (nSPS) is 14.3. The number of phosphoric acid groups is 2. The van der Waals surface area contributed by atoms with E-state index in [0.29, 0.717) is 25.7 Å². The Labute approximate surface area is 664 Å². The van der Waals surface area contributed by atoms with Gasteiger partial charge in [-0.05, 0) is 37.5 Å². The zero-order valence-corrected chi connectivity index (χ0v) is 73.0. The fourth-order valence-corrected chi connectivity index (χ4v) is 15.5. The monoisotopic (exact) mass is 1580 g/mol. The lowest BCUT2D eigenvalue weighted by atomic mass is 9.99. The van der Waals surface area contributed by atoms with Gasteiger partial charge in [-0.15, -0.1) is 0 Å². The van der Waals surface area contributed by atoms with Crippen LogP contribution in [-0.2, 0) is 65.4 Å². The summed E-state index contributed by atoms with van der Waals surface area (Å²) in [5.74, 6) is -0.498. The lowest BCUT2D eigenvalue weighted by Crippen LogP contribution is -2.30. The van der Waals surface area contributed by atoms with Crippen LogP contribution in [0.4, 0.5) is 0 Å². The van der Waals surface area contributed by atoms with Crippen LogP contribution in [0.5, 0.6) is 0 Å². The topological polar surface area (TPSA) is 237 Å². The molecule has 0 spiro atoms. The van der Waals surface area contributed by atoms with Crippen molar-refractivity contribution in [3.63, 3.8) is 0 Å². The average Bonchev–Trinajstić information content (AvgIpc) is 0.901. The molecule has 642 valence electrons. The van der Waals surface area contributed by atoms with Crippen LogP contribution < -0.4 is 0 Å². The van der Waals surface area contributed by atoms with Crippen LogP contribution in [-0.4, -0.2) is 96.7 Å². The van der Waals surface area contributed by atoms with Crippen LogP contribution in [0.25, 0.3) is 0 Å². The first-order chi connectivity index (χ1) is 52.4. The zero-order chi connectivity index (χ0) is 79.2. The minimum Gasteiger partial charge on any atom is -0.462 e. The fraction of sp³-hybridized carbons (Fsp3) is 0.955. The molecule has 0 aliphatic rings. The molecular formula is C89H174O17P2. The van der Waals surface area contributed by atoms with Crippen molar-refractivity contribution >= 4 is 39.5 Å². The standard InChI is InChI=1S/C89H174O17P2/c1-7-11-13-15-17-19-21-23-25-27-28-33-36-40-44-48-52-59-65-71-86(91)99-77-84(105-88(93)73-67-62-54-50-46-42-38-34-30-29-32-35-39-43-47-51-57-63-69-81(5)9-3)79-103-107(95,96)101-75-83(90)76-102-108(97,98)104-80-85(78-100-87(92)72-66-60-56-55-58-64-70-82(6)10-4)106-89(94)74-68-61-53-49-45-41-37-31-26-24-22-20-18-16-14-12-8-2/h81-85,90H,7-80H2,1-6H3,(H,95,96)(H,97,98)/t81?,82?,83-,84-,85-/m1/s1. The molecule has 0 amide bonds. The van der Waals surface area contributed by atoms with Gasteiger partial charge in [0, 0.05) is 25.7 Å². The molecule has 3 N–H and O–H groups in total. The summed E-state index contributed by atoms with van der Waals surface area (Å²) >= 11 is 0. The van der Waals surface area contributed by atoms with Gasteiger partial charge in [0.15, 0.2) is 12.2 Å². The molecule has 17 nitrogen and oxygen atoms in total. The Kier molecular flexibility index (Phi) is 78.8. The summed E-state index contributed by atoms with van der Waals surface area (Å²) in [5, 5.41) is 10.7. The summed E-state index contributed by atoms with van der Waals surface area (Å²) < 4.78 is 69.0. The molecule has 0 aliphatic carbocycles. The number of aliphatic hydroxyl groups excluding tert-OH is 1. The van der Waals surface area contributed by atoms with Gasteiger partial charge in [0.05, 0.1) is 26.4 Å². The number of esters is 4. The minimum absolute atomic E-state index is 0.108. The Morgan fingerprint density at radius 2 is 0.444 bits per heavy atom. The number of unbranched alkanes of at least 4 members (excludes halogenated alkanes) is 56.